The molecular formula is C28H25N3O4S. The number of thiazole rings is 1. The molecular weight excluding hydrogens is 474 g/mol. The average molecular weight is 500 g/mol. The fraction of sp³-hybridized carbons (Fsp3) is 0.214. The van der Waals surface area contributed by atoms with Gasteiger partial charge in [-0.15, -0.1) is 0 Å². The van der Waals surface area contributed by atoms with Gasteiger partial charge in [-0.1, -0.05) is 42.5 Å². The van der Waals surface area contributed by atoms with Gasteiger partial charge in [-0.05, 0) is 61.2 Å². The van der Waals surface area contributed by atoms with Gasteiger partial charge in [0.25, 0.3) is 5.78 Å². The Morgan fingerprint density at radius 1 is 1.14 bits per heavy atom. The average Bonchev–Trinajstić information content (AvgIpc) is 3.41. The number of ether oxygens (including phenoxy) is 1. The van der Waals surface area contributed by atoms with Gasteiger partial charge in [-0.25, -0.2) is 4.98 Å². The van der Waals surface area contributed by atoms with Crippen LogP contribution in [0.2, 0.25) is 0 Å². The summed E-state index contributed by atoms with van der Waals surface area (Å²) < 4.78 is 6.62. The number of Topliss-reactive ketones (excluding diaryl/α,β-unsaturated/α-hetero) is 1. The van der Waals surface area contributed by atoms with Crippen molar-refractivity contribution in [2.75, 3.05) is 11.5 Å². The van der Waals surface area contributed by atoms with Gasteiger partial charge in [0, 0.05) is 18.0 Å². The monoisotopic (exact) mass is 499 g/mol. The molecule has 182 valence electrons. The lowest BCUT2D eigenvalue weighted by molar-refractivity contribution is -0.132. The van der Waals surface area contributed by atoms with Gasteiger partial charge in [0.05, 0.1) is 28.4 Å². The molecule has 5 rings (SSSR count). The Balaban J connectivity index is 1.68. The Morgan fingerprint density at radius 3 is 2.72 bits per heavy atom. The number of hydrogen-bond donors (Lipinski definition) is 1. The van der Waals surface area contributed by atoms with Crippen LogP contribution in [0.4, 0.5) is 5.13 Å². The standard InChI is InChI=1S/C28H25N3O4S/c1-4-11-35-20-9-5-7-18(14-20)25(32)22-24(19-8-6-10-29-15-19)31(27(34)26(22)33)28-30-23-17(3)12-16(2)13-21(23)36-28/h5-10,12-15,24,32H,4,11H2,1-3H3/b25-22+. The molecule has 0 aliphatic carbocycles. The van der Waals surface area contributed by atoms with Gasteiger partial charge in [0.15, 0.2) is 5.13 Å². The number of benzene rings is 2. The van der Waals surface area contributed by atoms with Crippen molar-refractivity contribution in [3.63, 3.8) is 0 Å². The molecule has 0 spiro atoms. The van der Waals surface area contributed by atoms with Crippen molar-refractivity contribution in [1.29, 1.82) is 0 Å². The van der Waals surface area contributed by atoms with E-state index in [0.29, 0.717) is 28.6 Å². The summed E-state index contributed by atoms with van der Waals surface area (Å²) in [5, 5.41) is 11.8. The summed E-state index contributed by atoms with van der Waals surface area (Å²) in [6.07, 6.45) is 4.05. The molecule has 1 N–H and O–H groups in total. The van der Waals surface area contributed by atoms with Crippen molar-refractivity contribution in [1.82, 2.24) is 9.97 Å². The quantitative estimate of drug-likeness (QED) is 0.207. The summed E-state index contributed by atoms with van der Waals surface area (Å²) >= 11 is 1.35. The molecule has 1 unspecified atom stereocenters. The van der Waals surface area contributed by atoms with Crippen LogP contribution in [0.25, 0.3) is 16.0 Å². The minimum Gasteiger partial charge on any atom is -0.507 e. The third-order valence-electron chi connectivity index (χ3n) is 6.05. The van der Waals surface area contributed by atoms with E-state index in [2.05, 4.69) is 4.98 Å². The normalized spacial score (nSPS) is 17.2. The number of amides is 1. The highest BCUT2D eigenvalue weighted by atomic mass is 32.1. The van der Waals surface area contributed by atoms with Gasteiger partial charge in [0.2, 0.25) is 0 Å². The lowest BCUT2D eigenvalue weighted by Crippen LogP contribution is -2.29. The molecule has 2 aromatic heterocycles. The molecule has 0 radical (unpaired) electrons. The maximum Gasteiger partial charge on any atom is 0.301 e. The van der Waals surface area contributed by atoms with Crippen molar-refractivity contribution < 1.29 is 19.4 Å². The summed E-state index contributed by atoms with van der Waals surface area (Å²) in [5.41, 5.74) is 3.85. The zero-order valence-electron chi connectivity index (χ0n) is 20.2. The van der Waals surface area contributed by atoms with Crippen LogP contribution in [0, 0.1) is 13.8 Å². The molecule has 1 atom stereocenters. The first kappa shape index (κ1) is 23.7. The van der Waals surface area contributed by atoms with E-state index in [1.807, 2.05) is 32.9 Å². The Hall–Kier alpha value is -4.04. The lowest BCUT2D eigenvalue weighted by atomic mass is 9.96. The van der Waals surface area contributed by atoms with Gasteiger partial charge in [0.1, 0.15) is 11.5 Å². The number of aliphatic hydroxyl groups excluding tert-OH is 1. The van der Waals surface area contributed by atoms with E-state index in [9.17, 15) is 14.7 Å². The Bertz CT molecular complexity index is 1510. The lowest BCUT2D eigenvalue weighted by Gasteiger charge is -2.22. The van der Waals surface area contributed by atoms with Crippen molar-refractivity contribution >= 4 is 44.1 Å². The van der Waals surface area contributed by atoms with Gasteiger partial charge < -0.3 is 9.84 Å². The molecule has 7 nitrogen and oxygen atoms in total. The minimum atomic E-state index is -0.874. The fourth-order valence-corrected chi connectivity index (χ4v) is 5.62. The first-order valence-corrected chi connectivity index (χ1v) is 12.5. The SMILES string of the molecule is CCCOc1cccc(/C(O)=C2\C(=O)C(=O)N(c3nc4c(C)cc(C)cc4s3)C2c2cccnc2)c1. The number of fused-ring (bicyclic) bond motifs is 1. The number of aliphatic hydroxyl groups is 1. The van der Waals surface area contributed by atoms with Crippen molar-refractivity contribution in [3.05, 3.63) is 88.8 Å². The molecule has 0 bridgehead atoms. The number of carbonyl (C=O) groups excluding carboxylic acids is 2. The van der Waals surface area contributed by atoms with Crippen LogP contribution in [-0.2, 0) is 9.59 Å². The molecule has 0 saturated carbocycles. The van der Waals surface area contributed by atoms with Crippen LogP contribution in [-0.4, -0.2) is 33.4 Å². The largest absolute Gasteiger partial charge is 0.507 e. The van der Waals surface area contributed by atoms with E-state index in [1.165, 1.54) is 16.2 Å². The highest BCUT2D eigenvalue weighted by molar-refractivity contribution is 7.22. The molecule has 2 aromatic carbocycles. The highest BCUT2D eigenvalue weighted by Crippen LogP contribution is 2.44. The van der Waals surface area contributed by atoms with Gasteiger partial charge in [-0.3, -0.25) is 19.5 Å². The van der Waals surface area contributed by atoms with Crippen molar-refractivity contribution in [2.45, 2.75) is 33.2 Å². The van der Waals surface area contributed by atoms with E-state index in [4.69, 9.17) is 9.72 Å². The number of aromatic nitrogens is 2. The molecule has 3 heterocycles. The summed E-state index contributed by atoms with van der Waals surface area (Å²) in [5.74, 6) is -1.20. The number of ketones is 1. The van der Waals surface area contributed by atoms with Crippen LogP contribution in [0.1, 0.15) is 41.6 Å². The molecule has 1 aliphatic heterocycles. The fourth-order valence-electron chi connectivity index (χ4n) is 4.45. The zero-order valence-corrected chi connectivity index (χ0v) is 21.0. The topological polar surface area (TPSA) is 92.6 Å². The van der Waals surface area contributed by atoms with Crippen molar-refractivity contribution in [3.8, 4) is 5.75 Å². The van der Waals surface area contributed by atoms with E-state index in [1.54, 1.807) is 48.8 Å². The van der Waals surface area contributed by atoms with Crippen LogP contribution in [0.3, 0.4) is 0 Å². The number of pyridine rings is 1. The van der Waals surface area contributed by atoms with Gasteiger partial charge in [-0.2, -0.15) is 0 Å². The summed E-state index contributed by atoms with van der Waals surface area (Å²) in [7, 11) is 0. The maximum atomic E-state index is 13.4. The van der Waals surface area contributed by atoms with Crippen LogP contribution in [0.15, 0.2) is 66.5 Å². The Morgan fingerprint density at radius 2 is 1.97 bits per heavy atom. The second-order valence-electron chi connectivity index (χ2n) is 8.76. The van der Waals surface area contributed by atoms with Crippen LogP contribution >= 0.6 is 11.3 Å². The third kappa shape index (κ3) is 4.13. The molecule has 36 heavy (non-hydrogen) atoms. The molecule has 1 saturated heterocycles. The van der Waals surface area contributed by atoms with E-state index in [0.717, 1.165) is 27.8 Å². The number of carbonyl (C=O) groups is 2. The first-order chi connectivity index (χ1) is 17.4. The Kier molecular flexibility index (Phi) is 6.28. The smallest absolute Gasteiger partial charge is 0.301 e. The maximum absolute atomic E-state index is 13.4. The number of hydrogen-bond acceptors (Lipinski definition) is 7. The van der Waals surface area contributed by atoms with Crippen LogP contribution < -0.4 is 9.64 Å². The third-order valence-corrected chi connectivity index (χ3v) is 7.05. The second kappa shape index (κ2) is 9.54. The van der Waals surface area contributed by atoms with E-state index in [-0.39, 0.29) is 11.3 Å². The summed E-state index contributed by atoms with van der Waals surface area (Å²) in [4.78, 5) is 37.1. The summed E-state index contributed by atoms with van der Waals surface area (Å²) in [6, 6.07) is 13.6. The number of anilines is 1. The van der Waals surface area contributed by atoms with E-state index >= 15 is 0 Å². The highest BCUT2D eigenvalue weighted by Gasteiger charge is 2.48. The number of aryl methyl sites for hydroxylation is 2. The zero-order chi connectivity index (χ0) is 25.4. The van der Waals surface area contributed by atoms with Crippen molar-refractivity contribution in [2.24, 2.45) is 0 Å². The number of nitrogens with zero attached hydrogens (tertiary/aromatic N) is 3. The Labute approximate surface area is 212 Å². The molecule has 8 heteroatoms. The summed E-state index contributed by atoms with van der Waals surface area (Å²) in [6.45, 7) is 6.51. The second-order valence-corrected chi connectivity index (χ2v) is 9.77. The van der Waals surface area contributed by atoms with E-state index < -0.39 is 17.7 Å². The predicted molar refractivity (Wildman–Crippen MR) is 140 cm³/mol. The number of rotatable bonds is 6. The predicted octanol–water partition coefficient (Wildman–Crippen LogP) is 5.72. The molecule has 4 aromatic rings. The van der Waals surface area contributed by atoms with Gasteiger partial charge >= 0.3 is 5.91 Å². The first-order valence-electron chi connectivity index (χ1n) is 11.7. The van der Waals surface area contributed by atoms with Crippen LogP contribution in [0.5, 0.6) is 5.75 Å². The molecule has 1 fully saturated rings. The molecule has 1 aliphatic rings. The molecule has 1 amide bonds. The minimum absolute atomic E-state index is 0.00667.